The van der Waals surface area contributed by atoms with Crippen molar-refractivity contribution in [2.75, 3.05) is 23.1 Å². The van der Waals surface area contributed by atoms with Crippen molar-refractivity contribution in [1.82, 2.24) is 14.9 Å². The smallest absolute Gasteiger partial charge is 0.379 e. The Bertz CT molecular complexity index is 1450. The first kappa shape index (κ1) is 28.6. The predicted octanol–water partition coefficient (Wildman–Crippen LogP) is 6.30. The van der Waals surface area contributed by atoms with Gasteiger partial charge in [-0.3, -0.25) is 9.62 Å². The van der Waals surface area contributed by atoms with Gasteiger partial charge < -0.3 is 5.32 Å². The van der Waals surface area contributed by atoms with Crippen molar-refractivity contribution in [3.05, 3.63) is 77.0 Å². The minimum atomic E-state index is -4.41. The molecule has 1 aromatic heterocycles. The van der Waals surface area contributed by atoms with Crippen molar-refractivity contribution in [2.45, 2.75) is 61.2 Å². The van der Waals surface area contributed by atoms with Gasteiger partial charge in [0.25, 0.3) is 10.0 Å². The summed E-state index contributed by atoms with van der Waals surface area (Å²) in [5, 5.41) is 3.36. The molecule has 0 bridgehead atoms. The number of benzene rings is 2. The van der Waals surface area contributed by atoms with Crippen LogP contribution in [0.5, 0.6) is 0 Å². The molecule has 214 valence electrons. The van der Waals surface area contributed by atoms with Gasteiger partial charge in [0.15, 0.2) is 0 Å². The van der Waals surface area contributed by atoms with E-state index >= 15 is 4.39 Å². The molecule has 1 saturated carbocycles. The largest absolute Gasteiger partial charge is 0.416 e. The molecule has 0 unspecified atom stereocenters. The molecule has 2 fully saturated rings. The fourth-order valence-electron chi connectivity index (χ4n) is 5.65. The summed E-state index contributed by atoms with van der Waals surface area (Å²) >= 11 is 6.45. The molecular weight excluding hydrogens is 570 g/mol. The molecule has 1 aliphatic heterocycles. The highest BCUT2D eigenvalue weighted by molar-refractivity contribution is 7.92. The van der Waals surface area contributed by atoms with Crippen LogP contribution in [0.15, 0.2) is 59.9 Å². The number of likely N-dealkylation sites (tertiary alicyclic amines) is 1. The van der Waals surface area contributed by atoms with Crippen LogP contribution in [0.25, 0.3) is 0 Å². The Morgan fingerprint density at radius 1 is 1.05 bits per heavy atom. The second-order valence-corrected chi connectivity index (χ2v) is 12.2. The second kappa shape index (κ2) is 11.5. The van der Waals surface area contributed by atoms with Crippen molar-refractivity contribution < 1.29 is 26.0 Å². The van der Waals surface area contributed by atoms with Crippen molar-refractivity contribution in [3.8, 4) is 0 Å². The number of nitrogens with zero attached hydrogens (tertiary/aromatic N) is 3. The van der Waals surface area contributed by atoms with E-state index in [9.17, 15) is 21.6 Å². The van der Waals surface area contributed by atoms with Crippen molar-refractivity contribution in [3.63, 3.8) is 0 Å². The van der Waals surface area contributed by atoms with E-state index in [1.165, 1.54) is 24.4 Å². The first-order chi connectivity index (χ1) is 19.0. The van der Waals surface area contributed by atoms with E-state index in [1.807, 2.05) is 0 Å². The zero-order valence-corrected chi connectivity index (χ0v) is 22.9. The molecule has 1 saturated heterocycles. The number of sulfonamides is 1. The topological polar surface area (TPSA) is 87.2 Å². The van der Waals surface area contributed by atoms with Crippen LogP contribution in [-0.2, 0) is 16.2 Å². The zero-order chi connectivity index (χ0) is 28.5. The second-order valence-electron chi connectivity index (χ2n) is 10.2. The van der Waals surface area contributed by atoms with E-state index < -0.39 is 32.5 Å². The van der Waals surface area contributed by atoms with Crippen LogP contribution >= 0.6 is 11.6 Å². The summed E-state index contributed by atoms with van der Waals surface area (Å²) in [6, 6.07) is 8.80. The van der Waals surface area contributed by atoms with Gasteiger partial charge in [-0.1, -0.05) is 29.8 Å². The lowest BCUT2D eigenvalue weighted by molar-refractivity contribution is -0.137. The van der Waals surface area contributed by atoms with Gasteiger partial charge in [-0.2, -0.15) is 13.2 Å². The molecule has 1 aliphatic carbocycles. The minimum Gasteiger partial charge on any atom is -0.379 e. The van der Waals surface area contributed by atoms with Gasteiger partial charge in [0.05, 0.1) is 16.3 Å². The molecule has 13 heteroatoms. The summed E-state index contributed by atoms with van der Waals surface area (Å²) in [6.45, 7) is 1.73. The molecule has 7 nitrogen and oxygen atoms in total. The van der Waals surface area contributed by atoms with Gasteiger partial charge in [0.1, 0.15) is 22.9 Å². The Hall–Kier alpha value is -2.96. The lowest BCUT2D eigenvalue weighted by Crippen LogP contribution is -2.49. The number of halogens is 5. The molecule has 40 heavy (non-hydrogen) atoms. The minimum absolute atomic E-state index is 0.0151. The van der Waals surface area contributed by atoms with Gasteiger partial charge >= 0.3 is 6.18 Å². The average molecular weight is 598 g/mol. The van der Waals surface area contributed by atoms with Gasteiger partial charge in [-0.25, -0.2) is 22.8 Å². The van der Waals surface area contributed by atoms with Crippen LogP contribution in [-0.4, -0.2) is 48.5 Å². The molecule has 0 spiro atoms. The Labute approximate surface area is 235 Å². The molecule has 2 aliphatic rings. The highest BCUT2D eigenvalue weighted by Gasteiger charge is 2.38. The predicted molar refractivity (Wildman–Crippen MR) is 144 cm³/mol. The van der Waals surface area contributed by atoms with E-state index in [0.717, 1.165) is 50.5 Å². The van der Waals surface area contributed by atoms with Gasteiger partial charge in [-0.15, -0.1) is 0 Å². The van der Waals surface area contributed by atoms with Crippen LogP contribution in [0.1, 0.15) is 49.1 Å². The maximum Gasteiger partial charge on any atom is 0.416 e. The van der Waals surface area contributed by atoms with Crippen molar-refractivity contribution >= 4 is 33.1 Å². The molecular formula is C27H28ClF4N5O2S. The molecule has 3 aromatic rings. The van der Waals surface area contributed by atoms with E-state index in [4.69, 9.17) is 11.6 Å². The van der Waals surface area contributed by atoms with Gasteiger partial charge in [-0.05, 0) is 80.9 Å². The van der Waals surface area contributed by atoms with Crippen molar-refractivity contribution in [2.24, 2.45) is 0 Å². The Balaban J connectivity index is 1.36. The third kappa shape index (κ3) is 6.34. The third-order valence-electron chi connectivity index (χ3n) is 7.58. The number of aromatic nitrogens is 2. The monoisotopic (exact) mass is 597 g/mol. The third-order valence-corrected chi connectivity index (χ3v) is 9.27. The number of hydrogen-bond donors (Lipinski definition) is 2. The normalized spacial score (nSPS) is 22.3. The summed E-state index contributed by atoms with van der Waals surface area (Å²) in [6.07, 6.45) is 2.04. The van der Waals surface area contributed by atoms with Crippen LogP contribution in [0.3, 0.4) is 0 Å². The zero-order valence-electron chi connectivity index (χ0n) is 21.3. The molecule has 2 aromatic carbocycles. The fraction of sp³-hybridized carbons (Fsp3) is 0.407. The molecule has 0 amide bonds. The maximum absolute atomic E-state index is 15.1. The van der Waals surface area contributed by atoms with E-state index in [-0.39, 0.29) is 34.5 Å². The summed E-state index contributed by atoms with van der Waals surface area (Å²) in [5.74, 6) is -1.05. The summed E-state index contributed by atoms with van der Waals surface area (Å²) in [4.78, 5) is 9.22. The fourth-order valence-corrected chi connectivity index (χ4v) is 7.03. The van der Waals surface area contributed by atoms with Crippen LogP contribution < -0.4 is 10.0 Å². The van der Waals surface area contributed by atoms with E-state index in [2.05, 4.69) is 24.9 Å². The number of rotatable bonds is 7. The Morgan fingerprint density at radius 2 is 1.82 bits per heavy atom. The lowest BCUT2D eigenvalue weighted by atomic mass is 9.77. The number of nitrogens with one attached hydrogen (secondary N) is 2. The molecule has 5 rings (SSSR count). The maximum atomic E-state index is 15.1. The Kier molecular flexibility index (Phi) is 8.21. The molecule has 0 radical (unpaired) electrons. The van der Waals surface area contributed by atoms with Crippen LogP contribution in [0.4, 0.5) is 29.1 Å². The molecule has 3 atom stereocenters. The number of hydrogen-bond acceptors (Lipinski definition) is 6. The van der Waals surface area contributed by atoms with Crippen LogP contribution in [0.2, 0.25) is 5.02 Å². The molecule has 2 heterocycles. The van der Waals surface area contributed by atoms with E-state index in [0.29, 0.717) is 24.8 Å². The highest BCUT2D eigenvalue weighted by atomic mass is 35.5. The van der Waals surface area contributed by atoms with Crippen molar-refractivity contribution in [1.29, 1.82) is 0 Å². The lowest BCUT2D eigenvalue weighted by Gasteiger charge is -2.42. The van der Waals surface area contributed by atoms with Gasteiger partial charge in [0, 0.05) is 18.3 Å². The Morgan fingerprint density at radius 3 is 2.52 bits per heavy atom. The first-order valence-corrected chi connectivity index (χ1v) is 14.8. The summed E-state index contributed by atoms with van der Waals surface area (Å²) in [7, 11) is -4.31. The SMILES string of the molecule is O=S(=O)(Nc1ccncn1)c1cc(Cl)c(N[C@H]2CC[C@H](c3cccc(C(F)(F)F)c3)C[C@@H]2N2CCCC2)cc1F. The average Bonchev–Trinajstić information content (AvgIpc) is 3.45. The summed E-state index contributed by atoms with van der Waals surface area (Å²) < 4.78 is 82.9. The number of alkyl halides is 3. The highest BCUT2D eigenvalue weighted by Crippen LogP contribution is 2.40. The molecule has 2 N–H and O–H groups in total. The van der Waals surface area contributed by atoms with Crippen LogP contribution in [0, 0.1) is 5.82 Å². The van der Waals surface area contributed by atoms with E-state index in [1.54, 1.807) is 6.07 Å². The quantitative estimate of drug-likeness (QED) is 0.311. The number of anilines is 2. The summed E-state index contributed by atoms with van der Waals surface area (Å²) in [5.41, 5.74) is 0.258. The standard InChI is InChI=1S/C27H28ClF4N5O2S/c28-20-14-25(40(38,39)36-26-8-9-33-16-34-26)21(29)15-23(20)35-22-7-6-18(13-24(22)37-10-1-2-11-37)17-4-3-5-19(12-17)27(30,31)32/h3-5,8-9,12,14-16,18,22,24,35H,1-2,6-7,10-11,13H2,(H,33,34,36)/t18-,22-,24-/m0/s1. The first-order valence-electron chi connectivity index (χ1n) is 13.0. The van der Waals surface area contributed by atoms with Gasteiger partial charge in [0.2, 0.25) is 0 Å².